The molecular formula is C20H15Cl2N3O3S. The molecule has 0 saturated heterocycles. The maximum atomic E-state index is 12.3. The summed E-state index contributed by atoms with van der Waals surface area (Å²) in [6.45, 7) is 1.33. The number of aromatic nitrogens is 2. The minimum Gasteiger partial charge on any atom is -0.486 e. The molecule has 1 aliphatic rings. The number of hydrogen-bond acceptors (Lipinski definition) is 6. The summed E-state index contributed by atoms with van der Waals surface area (Å²) in [5.74, 6) is 0.793. The first-order valence-electron chi connectivity index (χ1n) is 8.72. The highest BCUT2D eigenvalue weighted by Crippen LogP contribution is 2.39. The van der Waals surface area contributed by atoms with Crippen molar-refractivity contribution < 1.29 is 14.3 Å². The molecule has 1 amide bonds. The van der Waals surface area contributed by atoms with Crippen LogP contribution in [0.4, 0.5) is 0 Å². The van der Waals surface area contributed by atoms with Crippen molar-refractivity contribution in [3.63, 3.8) is 0 Å². The average molecular weight is 448 g/mol. The summed E-state index contributed by atoms with van der Waals surface area (Å²) < 4.78 is 11.1. The molecule has 0 atom stereocenters. The van der Waals surface area contributed by atoms with Gasteiger partial charge in [-0.2, -0.15) is 0 Å². The van der Waals surface area contributed by atoms with Crippen LogP contribution >= 0.6 is 34.5 Å². The second kappa shape index (κ2) is 8.82. The number of amides is 1. The highest BCUT2D eigenvalue weighted by atomic mass is 35.5. The number of ether oxygens (including phenoxy) is 2. The molecule has 0 radical (unpaired) electrons. The van der Waals surface area contributed by atoms with Crippen molar-refractivity contribution in [3.05, 3.63) is 68.6 Å². The number of nitrogens with one attached hydrogen (secondary N) is 1. The fourth-order valence-electron chi connectivity index (χ4n) is 2.69. The molecular weight excluding hydrogens is 433 g/mol. The third-order valence-electron chi connectivity index (χ3n) is 4.03. The van der Waals surface area contributed by atoms with Gasteiger partial charge in [-0.25, -0.2) is 0 Å². The predicted octanol–water partition coefficient (Wildman–Crippen LogP) is 4.63. The molecule has 0 spiro atoms. The van der Waals surface area contributed by atoms with E-state index < -0.39 is 0 Å². The van der Waals surface area contributed by atoms with Crippen LogP contribution in [0, 0.1) is 0 Å². The van der Waals surface area contributed by atoms with E-state index in [4.69, 9.17) is 32.7 Å². The smallest absolute Gasteiger partial charge is 0.282 e. The van der Waals surface area contributed by atoms with Crippen molar-refractivity contribution in [3.8, 4) is 11.5 Å². The third kappa shape index (κ3) is 4.70. The standard InChI is InChI=1S/C20H15Cl2N3O3S/c21-14-8-13(10-16-17(14)28-7-6-27-16)9-15(22)19-24-25-20(29-19)18(26)23-11-12-4-2-1-3-5-12/h1-5,8-10H,6-7,11H2,(H,23,26). The summed E-state index contributed by atoms with van der Waals surface area (Å²) in [6, 6.07) is 13.1. The predicted molar refractivity (Wildman–Crippen MR) is 114 cm³/mol. The van der Waals surface area contributed by atoms with Gasteiger partial charge in [-0.1, -0.05) is 64.9 Å². The first-order chi connectivity index (χ1) is 14.1. The number of carbonyl (C=O) groups is 1. The fraction of sp³-hybridized carbons (Fsp3) is 0.150. The maximum absolute atomic E-state index is 12.3. The lowest BCUT2D eigenvalue weighted by Gasteiger charge is -2.19. The molecule has 4 rings (SSSR count). The number of benzene rings is 2. The van der Waals surface area contributed by atoms with E-state index >= 15 is 0 Å². The molecule has 1 aromatic heterocycles. The minimum atomic E-state index is -0.301. The molecule has 29 heavy (non-hydrogen) atoms. The van der Waals surface area contributed by atoms with E-state index in [0.717, 1.165) is 22.5 Å². The SMILES string of the molecule is O=C(NCc1ccccc1)c1nnc(C(Cl)=Cc2cc(Cl)c3c(c2)OCCO3)s1. The van der Waals surface area contributed by atoms with Gasteiger partial charge in [-0.05, 0) is 29.3 Å². The van der Waals surface area contributed by atoms with Crippen LogP contribution in [0.1, 0.15) is 25.9 Å². The lowest BCUT2D eigenvalue weighted by atomic mass is 10.2. The second-order valence-electron chi connectivity index (χ2n) is 6.10. The molecule has 2 aromatic carbocycles. The van der Waals surface area contributed by atoms with Gasteiger partial charge < -0.3 is 14.8 Å². The molecule has 0 bridgehead atoms. The minimum absolute atomic E-state index is 0.239. The van der Waals surface area contributed by atoms with Crippen LogP contribution in [-0.2, 0) is 6.54 Å². The van der Waals surface area contributed by atoms with Crippen LogP contribution in [0.15, 0.2) is 42.5 Å². The topological polar surface area (TPSA) is 73.3 Å². The average Bonchev–Trinajstić information content (AvgIpc) is 3.23. The van der Waals surface area contributed by atoms with Gasteiger partial charge in [0.05, 0.1) is 10.1 Å². The van der Waals surface area contributed by atoms with Crippen molar-refractivity contribution in [2.45, 2.75) is 6.54 Å². The van der Waals surface area contributed by atoms with Gasteiger partial charge >= 0.3 is 0 Å². The number of halogens is 2. The Hall–Kier alpha value is -2.61. The Bertz CT molecular complexity index is 1070. The molecule has 1 aliphatic heterocycles. The molecule has 0 unspecified atom stereocenters. The Kier molecular flexibility index (Phi) is 5.99. The van der Waals surface area contributed by atoms with E-state index in [2.05, 4.69) is 15.5 Å². The fourth-order valence-corrected chi connectivity index (χ4v) is 3.91. The third-order valence-corrected chi connectivity index (χ3v) is 5.67. The molecule has 0 fully saturated rings. The van der Waals surface area contributed by atoms with Crippen molar-refractivity contribution in [2.24, 2.45) is 0 Å². The Morgan fingerprint density at radius 1 is 1.14 bits per heavy atom. The molecule has 3 aromatic rings. The lowest BCUT2D eigenvalue weighted by Crippen LogP contribution is -2.22. The number of rotatable bonds is 5. The first kappa shape index (κ1) is 19.7. The number of hydrogen-bond donors (Lipinski definition) is 1. The van der Waals surface area contributed by atoms with Crippen molar-refractivity contribution in [1.82, 2.24) is 15.5 Å². The zero-order valence-corrected chi connectivity index (χ0v) is 17.4. The quantitative estimate of drug-likeness (QED) is 0.616. The lowest BCUT2D eigenvalue weighted by molar-refractivity contribution is 0.0950. The van der Waals surface area contributed by atoms with Crippen LogP contribution in [0.3, 0.4) is 0 Å². The largest absolute Gasteiger partial charge is 0.486 e. The zero-order chi connectivity index (χ0) is 20.2. The van der Waals surface area contributed by atoms with Gasteiger partial charge in [0.15, 0.2) is 16.5 Å². The molecule has 6 nitrogen and oxygen atoms in total. The summed E-state index contributed by atoms with van der Waals surface area (Å²) in [5.41, 5.74) is 1.73. The van der Waals surface area contributed by atoms with E-state index in [1.807, 2.05) is 30.3 Å². The van der Waals surface area contributed by atoms with Crippen molar-refractivity contribution in [2.75, 3.05) is 13.2 Å². The van der Waals surface area contributed by atoms with E-state index in [0.29, 0.717) is 46.3 Å². The monoisotopic (exact) mass is 447 g/mol. The van der Waals surface area contributed by atoms with Gasteiger partial charge in [0.2, 0.25) is 5.01 Å². The molecule has 2 heterocycles. The van der Waals surface area contributed by atoms with Crippen LogP contribution in [0.25, 0.3) is 11.1 Å². The molecule has 0 saturated carbocycles. The van der Waals surface area contributed by atoms with Gasteiger partial charge in [-0.15, -0.1) is 10.2 Å². The van der Waals surface area contributed by atoms with Crippen molar-refractivity contribution in [1.29, 1.82) is 0 Å². The molecule has 9 heteroatoms. The number of nitrogens with zero attached hydrogens (tertiary/aromatic N) is 2. The number of fused-ring (bicyclic) bond motifs is 1. The van der Waals surface area contributed by atoms with Gasteiger partial charge in [0.25, 0.3) is 5.91 Å². The summed E-state index contributed by atoms with van der Waals surface area (Å²) in [7, 11) is 0. The second-order valence-corrected chi connectivity index (χ2v) is 7.89. The van der Waals surface area contributed by atoms with Gasteiger partial charge in [0, 0.05) is 6.54 Å². The van der Waals surface area contributed by atoms with Crippen LogP contribution in [0.5, 0.6) is 11.5 Å². The molecule has 1 N–H and O–H groups in total. The summed E-state index contributed by atoms with van der Waals surface area (Å²) >= 11 is 13.8. The van der Waals surface area contributed by atoms with Gasteiger partial charge in [-0.3, -0.25) is 4.79 Å². The normalized spacial score (nSPS) is 13.2. The summed E-state index contributed by atoms with van der Waals surface area (Å²) in [6.07, 6.45) is 1.69. The van der Waals surface area contributed by atoms with E-state index in [9.17, 15) is 4.79 Å². The zero-order valence-electron chi connectivity index (χ0n) is 15.0. The maximum Gasteiger partial charge on any atom is 0.282 e. The Balaban J connectivity index is 1.47. The Labute approximate surface area is 181 Å². The number of carbonyl (C=O) groups excluding carboxylic acids is 1. The van der Waals surface area contributed by atoms with Gasteiger partial charge in [0.1, 0.15) is 13.2 Å². The summed E-state index contributed by atoms with van der Waals surface area (Å²) in [5, 5.41) is 12.2. The van der Waals surface area contributed by atoms with E-state index in [1.54, 1.807) is 18.2 Å². The molecule has 0 aliphatic carbocycles. The van der Waals surface area contributed by atoms with E-state index in [-0.39, 0.29) is 10.9 Å². The van der Waals surface area contributed by atoms with Crippen LogP contribution < -0.4 is 14.8 Å². The molecule has 148 valence electrons. The first-order valence-corrected chi connectivity index (χ1v) is 10.3. The van der Waals surface area contributed by atoms with E-state index in [1.165, 1.54) is 0 Å². The Morgan fingerprint density at radius 3 is 2.72 bits per heavy atom. The highest BCUT2D eigenvalue weighted by Gasteiger charge is 2.18. The Morgan fingerprint density at radius 2 is 1.90 bits per heavy atom. The van der Waals surface area contributed by atoms with Crippen LogP contribution in [0.2, 0.25) is 5.02 Å². The summed E-state index contributed by atoms with van der Waals surface area (Å²) in [4.78, 5) is 12.3. The van der Waals surface area contributed by atoms with Crippen molar-refractivity contribution >= 4 is 51.6 Å². The van der Waals surface area contributed by atoms with Crippen LogP contribution in [-0.4, -0.2) is 29.3 Å². The highest BCUT2D eigenvalue weighted by molar-refractivity contribution is 7.15.